The van der Waals surface area contributed by atoms with Gasteiger partial charge in [-0.1, -0.05) is 6.07 Å². The molecular weight excluding hydrogens is 246 g/mol. The number of nitrogens with one attached hydrogen (secondary N) is 1. The molecule has 92 valence electrons. The van der Waals surface area contributed by atoms with Gasteiger partial charge in [0.05, 0.1) is 6.07 Å². The third-order valence-electron chi connectivity index (χ3n) is 2.93. The molecule has 2 nitrogen and oxygen atoms in total. The molecule has 1 aliphatic rings. The molecule has 17 heavy (non-hydrogen) atoms. The van der Waals surface area contributed by atoms with Gasteiger partial charge in [-0.3, -0.25) is 0 Å². The molecular formula is C12H13ClF2N2. The fraction of sp³-hybridized carbons (Fsp3) is 0.417. The van der Waals surface area contributed by atoms with E-state index in [-0.39, 0.29) is 24.4 Å². The van der Waals surface area contributed by atoms with Gasteiger partial charge in [0.1, 0.15) is 0 Å². The minimum Gasteiger partial charge on any atom is -0.310 e. The van der Waals surface area contributed by atoms with Gasteiger partial charge in [0.15, 0.2) is 11.6 Å². The number of hydrogen-bond acceptors (Lipinski definition) is 2. The van der Waals surface area contributed by atoms with Crippen molar-refractivity contribution in [2.75, 3.05) is 6.54 Å². The Balaban J connectivity index is 0.00000144. The fourth-order valence-electron chi connectivity index (χ4n) is 2.02. The molecule has 1 N–H and O–H groups in total. The molecule has 2 rings (SSSR count). The maximum atomic E-state index is 13.0. The molecule has 1 aromatic rings. The van der Waals surface area contributed by atoms with E-state index in [0.717, 1.165) is 19.0 Å². The number of nitrogens with zero attached hydrogens (tertiary/aromatic N) is 1. The number of piperidine rings is 1. The summed E-state index contributed by atoms with van der Waals surface area (Å²) < 4.78 is 25.8. The van der Waals surface area contributed by atoms with E-state index in [2.05, 4.69) is 11.4 Å². The molecule has 1 aliphatic heterocycles. The van der Waals surface area contributed by atoms with Gasteiger partial charge in [-0.2, -0.15) is 5.26 Å². The standard InChI is InChI=1S/C12H12F2N2.ClH/c13-10-2-1-9(6-11(10)14)12-5-8(7-15)3-4-16-12;/h1-2,6,8,12,16H,3-5H2;1H/t8-,12-;/m1./s1. The number of rotatable bonds is 1. The summed E-state index contributed by atoms with van der Waals surface area (Å²) in [7, 11) is 0. The predicted octanol–water partition coefficient (Wildman–Crippen LogP) is 2.95. The summed E-state index contributed by atoms with van der Waals surface area (Å²) in [5.41, 5.74) is 0.707. The van der Waals surface area contributed by atoms with Crippen molar-refractivity contribution in [1.29, 1.82) is 5.26 Å². The van der Waals surface area contributed by atoms with Crippen LogP contribution >= 0.6 is 12.4 Å². The van der Waals surface area contributed by atoms with E-state index < -0.39 is 11.6 Å². The van der Waals surface area contributed by atoms with E-state index in [1.165, 1.54) is 6.07 Å². The highest BCUT2D eigenvalue weighted by atomic mass is 35.5. The molecule has 0 aliphatic carbocycles. The third kappa shape index (κ3) is 3.15. The topological polar surface area (TPSA) is 35.8 Å². The largest absolute Gasteiger partial charge is 0.310 e. The maximum absolute atomic E-state index is 13.0. The van der Waals surface area contributed by atoms with E-state index in [4.69, 9.17) is 5.26 Å². The van der Waals surface area contributed by atoms with Crippen molar-refractivity contribution >= 4 is 12.4 Å². The first-order valence-corrected chi connectivity index (χ1v) is 5.28. The monoisotopic (exact) mass is 258 g/mol. The second-order valence-corrected chi connectivity index (χ2v) is 4.03. The highest BCUT2D eigenvalue weighted by molar-refractivity contribution is 5.85. The van der Waals surface area contributed by atoms with Crippen LogP contribution in [-0.4, -0.2) is 6.54 Å². The molecule has 1 saturated heterocycles. The molecule has 0 aromatic heterocycles. The van der Waals surface area contributed by atoms with Crippen LogP contribution in [0.15, 0.2) is 18.2 Å². The molecule has 0 spiro atoms. The smallest absolute Gasteiger partial charge is 0.159 e. The number of benzene rings is 1. The van der Waals surface area contributed by atoms with Gasteiger partial charge in [0.2, 0.25) is 0 Å². The van der Waals surface area contributed by atoms with Crippen molar-refractivity contribution < 1.29 is 8.78 Å². The number of nitriles is 1. The number of halogens is 3. The van der Waals surface area contributed by atoms with E-state index in [1.54, 1.807) is 6.07 Å². The van der Waals surface area contributed by atoms with Crippen LogP contribution < -0.4 is 5.32 Å². The minimum absolute atomic E-state index is 0. The molecule has 2 atom stereocenters. The Labute approximate surface area is 105 Å². The lowest BCUT2D eigenvalue weighted by Crippen LogP contribution is -2.31. The average molecular weight is 259 g/mol. The van der Waals surface area contributed by atoms with Crippen molar-refractivity contribution in [3.8, 4) is 6.07 Å². The summed E-state index contributed by atoms with van der Waals surface area (Å²) in [4.78, 5) is 0. The van der Waals surface area contributed by atoms with Gasteiger partial charge in [0.25, 0.3) is 0 Å². The van der Waals surface area contributed by atoms with E-state index in [0.29, 0.717) is 12.0 Å². The second kappa shape index (κ2) is 5.95. The lowest BCUT2D eigenvalue weighted by atomic mass is 9.90. The van der Waals surface area contributed by atoms with Crippen LogP contribution in [0.4, 0.5) is 8.78 Å². The zero-order valence-electron chi connectivity index (χ0n) is 9.12. The highest BCUT2D eigenvalue weighted by Gasteiger charge is 2.22. The van der Waals surface area contributed by atoms with Crippen molar-refractivity contribution in [1.82, 2.24) is 5.32 Å². The summed E-state index contributed by atoms with van der Waals surface area (Å²) in [6.07, 6.45) is 1.47. The van der Waals surface area contributed by atoms with Crippen molar-refractivity contribution in [2.45, 2.75) is 18.9 Å². The Kier molecular flexibility index (Phi) is 4.86. The Bertz CT molecular complexity index is 431. The van der Waals surface area contributed by atoms with Crippen molar-refractivity contribution in [2.24, 2.45) is 5.92 Å². The van der Waals surface area contributed by atoms with E-state index in [1.807, 2.05) is 0 Å². The average Bonchev–Trinajstić information content (AvgIpc) is 2.33. The quantitative estimate of drug-likeness (QED) is 0.841. The summed E-state index contributed by atoms with van der Waals surface area (Å²) in [5, 5.41) is 12.0. The first kappa shape index (κ1) is 13.9. The van der Waals surface area contributed by atoms with Gasteiger partial charge >= 0.3 is 0 Å². The minimum atomic E-state index is -0.837. The zero-order valence-corrected chi connectivity index (χ0v) is 9.94. The molecule has 5 heteroatoms. The van der Waals surface area contributed by atoms with Crippen molar-refractivity contribution in [3.05, 3.63) is 35.4 Å². The Hall–Kier alpha value is -1.18. The lowest BCUT2D eigenvalue weighted by molar-refractivity contribution is 0.355. The molecule has 0 radical (unpaired) electrons. The van der Waals surface area contributed by atoms with Crippen LogP contribution in [0.5, 0.6) is 0 Å². The predicted molar refractivity (Wildman–Crippen MR) is 62.7 cm³/mol. The summed E-state index contributed by atoms with van der Waals surface area (Å²) in [5.74, 6) is -1.67. The Morgan fingerprint density at radius 1 is 1.29 bits per heavy atom. The lowest BCUT2D eigenvalue weighted by Gasteiger charge is -2.27. The molecule has 0 amide bonds. The Morgan fingerprint density at radius 3 is 2.71 bits per heavy atom. The molecule has 1 aromatic carbocycles. The van der Waals surface area contributed by atoms with Crippen LogP contribution in [0.1, 0.15) is 24.4 Å². The SMILES string of the molecule is Cl.N#C[C@@H]1CCN[C@@H](c2ccc(F)c(F)c2)C1. The van der Waals surface area contributed by atoms with Gasteiger partial charge in [-0.05, 0) is 37.1 Å². The summed E-state index contributed by atoms with van der Waals surface area (Å²) >= 11 is 0. The maximum Gasteiger partial charge on any atom is 0.159 e. The molecule has 0 saturated carbocycles. The highest BCUT2D eigenvalue weighted by Crippen LogP contribution is 2.27. The van der Waals surface area contributed by atoms with Crippen LogP contribution in [0, 0.1) is 28.9 Å². The van der Waals surface area contributed by atoms with Gasteiger partial charge in [0, 0.05) is 12.0 Å². The second-order valence-electron chi connectivity index (χ2n) is 4.03. The number of hydrogen-bond donors (Lipinski definition) is 1. The normalized spacial score (nSPS) is 23.6. The molecule has 0 bridgehead atoms. The molecule has 1 heterocycles. The van der Waals surface area contributed by atoms with Crippen LogP contribution in [-0.2, 0) is 0 Å². The van der Waals surface area contributed by atoms with Crippen LogP contribution in [0.25, 0.3) is 0 Å². The third-order valence-corrected chi connectivity index (χ3v) is 2.93. The van der Waals surface area contributed by atoms with Crippen LogP contribution in [0.3, 0.4) is 0 Å². The Morgan fingerprint density at radius 2 is 2.06 bits per heavy atom. The molecule has 0 unspecified atom stereocenters. The van der Waals surface area contributed by atoms with Gasteiger partial charge < -0.3 is 5.32 Å². The molecule has 1 fully saturated rings. The van der Waals surface area contributed by atoms with Crippen molar-refractivity contribution in [3.63, 3.8) is 0 Å². The first-order valence-electron chi connectivity index (χ1n) is 5.28. The first-order chi connectivity index (χ1) is 7.70. The summed E-state index contributed by atoms with van der Waals surface area (Å²) in [6, 6.07) is 6.07. The van der Waals surface area contributed by atoms with Gasteiger partial charge in [-0.25, -0.2) is 8.78 Å². The fourth-order valence-corrected chi connectivity index (χ4v) is 2.02. The van der Waals surface area contributed by atoms with Gasteiger partial charge in [-0.15, -0.1) is 12.4 Å². The van der Waals surface area contributed by atoms with E-state index in [9.17, 15) is 8.78 Å². The van der Waals surface area contributed by atoms with E-state index >= 15 is 0 Å². The zero-order chi connectivity index (χ0) is 11.5. The summed E-state index contributed by atoms with van der Waals surface area (Å²) in [6.45, 7) is 0.738. The van der Waals surface area contributed by atoms with Crippen LogP contribution in [0.2, 0.25) is 0 Å².